The van der Waals surface area contributed by atoms with E-state index in [9.17, 15) is 4.79 Å². The van der Waals surface area contributed by atoms with E-state index in [0.717, 1.165) is 17.6 Å². The van der Waals surface area contributed by atoms with Crippen LogP contribution < -0.4 is 5.69 Å². The van der Waals surface area contributed by atoms with E-state index in [1.54, 1.807) is 10.8 Å². The summed E-state index contributed by atoms with van der Waals surface area (Å²) < 4.78 is 2.47. The average Bonchev–Trinajstić information content (AvgIpc) is 2.20. The zero-order valence-corrected chi connectivity index (χ0v) is 7.31. The number of hydrogen-bond donors (Lipinski definition) is 1. The number of nitrogens with one attached hydrogen (secondary N) is 1. The number of halogens is 1. The Balaban J connectivity index is 2.99. The fraction of sp³-hybridized carbons (Fsp3) is 0.500. The summed E-state index contributed by atoms with van der Waals surface area (Å²) in [7, 11) is 0. The van der Waals surface area contributed by atoms with Crippen LogP contribution in [-0.2, 0) is 6.54 Å². The maximum Gasteiger partial charge on any atom is 0.326 e. The van der Waals surface area contributed by atoms with Crippen molar-refractivity contribution in [2.75, 3.05) is 0 Å². The van der Waals surface area contributed by atoms with Crippen molar-refractivity contribution in [2.24, 2.45) is 0 Å². The zero-order valence-electron chi connectivity index (χ0n) is 5.72. The van der Waals surface area contributed by atoms with Crippen LogP contribution in [0.3, 0.4) is 0 Å². The second-order valence-corrected chi connectivity index (χ2v) is 2.88. The highest BCUT2D eigenvalue weighted by atomic mass is 79.9. The summed E-state index contributed by atoms with van der Waals surface area (Å²) in [6.45, 7) is 2.80. The van der Waals surface area contributed by atoms with Gasteiger partial charge in [-0.1, -0.05) is 6.92 Å². The molecule has 0 radical (unpaired) electrons. The third-order valence-electron chi connectivity index (χ3n) is 1.26. The summed E-state index contributed by atoms with van der Waals surface area (Å²) in [5.41, 5.74) is -0.0475. The fourth-order valence-electron chi connectivity index (χ4n) is 0.806. The Kier molecular flexibility index (Phi) is 2.32. The largest absolute Gasteiger partial charge is 0.326 e. The van der Waals surface area contributed by atoms with Gasteiger partial charge < -0.3 is 4.98 Å². The van der Waals surface area contributed by atoms with Crippen molar-refractivity contribution >= 4 is 15.9 Å². The first kappa shape index (κ1) is 7.60. The lowest BCUT2D eigenvalue weighted by Crippen LogP contribution is -2.16. The molecule has 0 atom stereocenters. The molecule has 10 heavy (non-hydrogen) atoms. The van der Waals surface area contributed by atoms with Gasteiger partial charge in [-0.15, -0.1) is 0 Å². The molecule has 0 aromatic carbocycles. The van der Waals surface area contributed by atoms with E-state index in [4.69, 9.17) is 0 Å². The van der Waals surface area contributed by atoms with E-state index in [1.807, 2.05) is 6.92 Å². The van der Waals surface area contributed by atoms with Gasteiger partial charge in [-0.05, 0) is 22.4 Å². The van der Waals surface area contributed by atoms with Crippen molar-refractivity contribution in [1.82, 2.24) is 9.55 Å². The third kappa shape index (κ3) is 1.31. The molecule has 0 aliphatic carbocycles. The summed E-state index contributed by atoms with van der Waals surface area (Å²) in [6, 6.07) is 0. The average molecular weight is 205 g/mol. The maximum atomic E-state index is 10.9. The lowest BCUT2D eigenvalue weighted by Gasteiger charge is -1.96. The van der Waals surface area contributed by atoms with Gasteiger partial charge in [0.15, 0.2) is 0 Å². The number of hydrogen-bond acceptors (Lipinski definition) is 1. The first-order valence-electron chi connectivity index (χ1n) is 3.19. The van der Waals surface area contributed by atoms with Gasteiger partial charge >= 0.3 is 5.69 Å². The molecule has 1 heterocycles. The highest BCUT2D eigenvalue weighted by Gasteiger charge is 1.99. The second kappa shape index (κ2) is 3.05. The van der Waals surface area contributed by atoms with Gasteiger partial charge in [0.2, 0.25) is 0 Å². The predicted octanol–water partition coefficient (Wildman–Crippen LogP) is 1.35. The van der Waals surface area contributed by atoms with Gasteiger partial charge in [-0.2, -0.15) is 0 Å². The quantitative estimate of drug-likeness (QED) is 0.777. The molecule has 0 fully saturated rings. The number of aromatic nitrogens is 2. The smallest absolute Gasteiger partial charge is 0.312 e. The van der Waals surface area contributed by atoms with Crippen LogP contribution in [0.25, 0.3) is 0 Å². The molecule has 0 aliphatic heterocycles. The van der Waals surface area contributed by atoms with Crippen LogP contribution in [0, 0.1) is 0 Å². The van der Waals surface area contributed by atoms with Crippen LogP contribution >= 0.6 is 15.9 Å². The molecule has 0 unspecified atom stereocenters. The van der Waals surface area contributed by atoms with Crippen LogP contribution in [-0.4, -0.2) is 9.55 Å². The van der Waals surface area contributed by atoms with Gasteiger partial charge in [-0.3, -0.25) is 4.57 Å². The van der Waals surface area contributed by atoms with Crippen LogP contribution in [0.2, 0.25) is 0 Å². The summed E-state index contributed by atoms with van der Waals surface area (Å²) >= 11 is 3.25. The van der Waals surface area contributed by atoms with Crippen molar-refractivity contribution in [3.05, 3.63) is 21.3 Å². The minimum atomic E-state index is -0.0475. The van der Waals surface area contributed by atoms with Crippen molar-refractivity contribution in [3.8, 4) is 0 Å². The standard InChI is InChI=1S/C6H9BrN2O/c1-2-3-9-5(7)4-8-6(9)10/h4H,2-3H2,1H3,(H,8,10). The van der Waals surface area contributed by atoms with Gasteiger partial charge in [0, 0.05) is 12.7 Å². The molecule has 1 aromatic rings. The van der Waals surface area contributed by atoms with E-state index in [0.29, 0.717) is 0 Å². The minimum Gasteiger partial charge on any atom is -0.312 e. The Morgan fingerprint density at radius 2 is 2.50 bits per heavy atom. The number of nitrogens with zero attached hydrogens (tertiary/aromatic N) is 1. The molecule has 0 aliphatic rings. The maximum absolute atomic E-state index is 10.9. The van der Waals surface area contributed by atoms with Crippen molar-refractivity contribution < 1.29 is 0 Å². The van der Waals surface area contributed by atoms with E-state index in [1.165, 1.54) is 0 Å². The lowest BCUT2D eigenvalue weighted by molar-refractivity contribution is 0.645. The van der Waals surface area contributed by atoms with E-state index in [-0.39, 0.29) is 5.69 Å². The normalized spacial score (nSPS) is 10.2. The minimum absolute atomic E-state index is 0.0475. The second-order valence-electron chi connectivity index (χ2n) is 2.07. The van der Waals surface area contributed by atoms with Gasteiger partial charge in [-0.25, -0.2) is 4.79 Å². The topological polar surface area (TPSA) is 37.8 Å². The molecule has 1 aromatic heterocycles. The Hall–Kier alpha value is -0.510. The van der Waals surface area contributed by atoms with Crippen molar-refractivity contribution in [3.63, 3.8) is 0 Å². The van der Waals surface area contributed by atoms with E-state index in [2.05, 4.69) is 20.9 Å². The monoisotopic (exact) mass is 204 g/mol. The first-order valence-corrected chi connectivity index (χ1v) is 3.98. The van der Waals surface area contributed by atoms with Crippen molar-refractivity contribution in [1.29, 1.82) is 0 Å². The highest BCUT2D eigenvalue weighted by Crippen LogP contribution is 2.04. The fourth-order valence-corrected chi connectivity index (χ4v) is 1.26. The molecule has 56 valence electrons. The highest BCUT2D eigenvalue weighted by molar-refractivity contribution is 9.10. The summed E-state index contributed by atoms with van der Waals surface area (Å²) in [5, 5.41) is 0. The van der Waals surface area contributed by atoms with Crippen LogP contribution in [0.5, 0.6) is 0 Å². The molecule has 3 nitrogen and oxygen atoms in total. The molecular weight excluding hydrogens is 196 g/mol. The molecular formula is C6H9BrN2O. The molecule has 0 saturated heterocycles. The summed E-state index contributed by atoms with van der Waals surface area (Å²) in [6.07, 6.45) is 2.62. The molecule has 0 saturated carbocycles. The Morgan fingerprint density at radius 1 is 1.80 bits per heavy atom. The van der Waals surface area contributed by atoms with Crippen molar-refractivity contribution in [2.45, 2.75) is 19.9 Å². The summed E-state index contributed by atoms with van der Waals surface area (Å²) in [4.78, 5) is 13.5. The van der Waals surface area contributed by atoms with Gasteiger partial charge in [0.1, 0.15) is 4.60 Å². The SMILES string of the molecule is CCCn1c(Br)c[nH]c1=O. The third-order valence-corrected chi connectivity index (χ3v) is 1.92. The Morgan fingerprint density at radius 3 is 2.90 bits per heavy atom. The zero-order chi connectivity index (χ0) is 7.56. The van der Waals surface area contributed by atoms with Gasteiger partial charge in [0.25, 0.3) is 0 Å². The lowest BCUT2D eigenvalue weighted by atomic mass is 10.5. The van der Waals surface area contributed by atoms with Crippen LogP contribution in [0.1, 0.15) is 13.3 Å². The number of imidazole rings is 1. The van der Waals surface area contributed by atoms with Crippen LogP contribution in [0.4, 0.5) is 0 Å². The van der Waals surface area contributed by atoms with Crippen LogP contribution in [0.15, 0.2) is 15.6 Å². The molecule has 0 amide bonds. The molecule has 1 rings (SSSR count). The number of H-pyrrole nitrogens is 1. The number of rotatable bonds is 2. The molecule has 0 bridgehead atoms. The first-order chi connectivity index (χ1) is 4.75. The number of aromatic amines is 1. The van der Waals surface area contributed by atoms with E-state index >= 15 is 0 Å². The molecule has 0 spiro atoms. The Bertz CT molecular complexity index is 263. The molecule has 4 heteroatoms. The van der Waals surface area contributed by atoms with E-state index < -0.39 is 0 Å². The Labute approximate surface area is 67.2 Å². The van der Waals surface area contributed by atoms with Gasteiger partial charge in [0.05, 0.1) is 0 Å². The molecule has 1 N–H and O–H groups in total. The summed E-state index contributed by atoms with van der Waals surface area (Å²) in [5.74, 6) is 0. The predicted molar refractivity (Wildman–Crippen MR) is 43.0 cm³/mol.